The average Bonchev–Trinajstić information content (AvgIpc) is 3.02. The van der Waals surface area contributed by atoms with Crippen LogP contribution >= 0.6 is 11.6 Å². The molecule has 1 saturated carbocycles. The van der Waals surface area contributed by atoms with Gasteiger partial charge in [0.05, 0.1) is 23.8 Å². The maximum absolute atomic E-state index is 13.4. The lowest BCUT2D eigenvalue weighted by Gasteiger charge is -2.26. The summed E-state index contributed by atoms with van der Waals surface area (Å²) in [6, 6.07) is 8.38. The quantitative estimate of drug-likeness (QED) is 0.685. The first-order valence-electron chi connectivity index (χ1n) is 8.88. The Bertz CT molecular complexity index is 938. The van der Waals surface area contributed by atoms with Gasteiger partial charge in [-0.1, -0.05) is 17.7 Å². The Labute approximate surface area is 157 Å². The molecule has 0 saturated heterocycles. The number of halogens is 2. The molecule has 2 aliphatic rings. The Balaban J connectivity index is 1.83. The topological polar surface area (TPSA) is 32.7 Å². The van der Waals surface area contributed by atoms with Gasteiger partial charge in [-0.05, 0) is 74.1 Å². The molecule has 0 aromatic heterocycles. The summed E-state index contributed by atoms with van der Waals surface area (Å²) in [7, 11) is 0. The normalized spacial score (nSPS) is 19.1. The minimum atomic E-state index is -0.380. The van der Waals surface area contributed by atoms with Crippen LogP contribution in [0.1, 0.15) is 36.0 Å². The second-order valence-electron chi connectivity index (χ2n) is 7.13. The lowest BCUT2D eigenvalue weighted by molar-refractivity contribution is -0.120. The molecule has 2 aromatic rings. The molecule has 5 heteroatoms. The van der Waals surface area contributed by atoms with Crippen molar-refractivity contribution in [3.05, 3.63) is 57.9 Å². The molecule has 1 aliphatic carbocycles. The maximum atomic E-state index is 13.4. The zero-order chi connectivity index (χ0) is 18.4. The van der Waals surface area contributed by atoms with Crippen molar-refractivity contribution in [3.63, 3.8) is 0 Å². The molecule has 0 bridgehead atoms. The number of carbonyl (C=O) groups is 1. The first kappa shape index (κ1) is 17.2. The van der Waals surface area contributed by atoms with Crippen LogP contribution in [-0.2, 0) is 11.3 Å². The number of fused-ring (bicyclic) bond motifs is 2. The molecule has 0 N–H and O–H groups in total. The molecule has 1 atom stereocenters. The Morgan fingerprint density at radius 1 is 1.23 bits per heavy atom. The van der Waals surface area contributed by atoms with Gasteiger partial charge in [-0.2, -0.15) is 0 Å². The highest BCUT2D eigenvalue weighted by Gasteiger charge is 2.36. The van der Waals surface area contributed by atoms with Crippen molar-refractivity contribution in [1.82, 2.24) is 0 Å². The van der Waals surface area contributed by atoms with E-state index in [2.05, 4.69) is 6.92 Å². The molecule has 3 nitrogen and oxygen atoms in total. The van der Waals surface area contributed by atoms with Crippen LogP contribution < -0.4 is 4.90 Å². The van der Waals surface area contributed by atoms with Gasteiger partial charge in [-0.15, -0.1) is 0 Å². The van der Waals surface area contributed by atoms with Gasteiger partial charge in [-0.25, -0.2) is 4.39 Å². The average molecular weight is 371 g/mol. The maximum Gasteiger partial charge on any atom is 0.236 e. The number of hydrogen-bond donors (Lipinski definition) is 0. The van der Waals surface area contributed by atoms with E-state index < -0.39 is 0 Å². The van der Waals surface area contributed by atoms with Crippen LogP contribution in [0.4, 0.5) is 15.8 Å². The minimum absolute atomic E-state index is 0.0589. The third kappa shape index (κ3) is 2.92. The summed E-state index contributed by atoms with van der Waals surface area (Å²) in [5, 5.41) is 0.333. The number of carbonyl (C=O) groups excluding carboxylic acids is 1. The van der Waals surface area contributed by atoms with Crippen molar-refractivity contribution < 1.29 is 9.18 Å². The van der Waals surface area contributed by atoms with Crippen molar-refractivity contribution in [1.29, 1.82) is 0 Å². The summed E-state index contributed by atoms with van der Waals surface area (Å²) < 4.78 is 13.4. The lowest BCUT2D eigenvalue weighted by Crippen LogP contribution is -2.36. The van der Waals surface area contributed by atoms with Gasteiger partial charge >= 0.3 is 0 Å². The molecule has 0 spiro atoms. The molecule has 4 rings (SSSR count). The smallest absolute Gasteiger partial charge is 0.236 e. The standard InChI is InChI=1S/C21H20ClFN2O/c1-12-8-19-20(9-13(12)2)25(11-14-6-7-15(23)10-17(14)22)21(26)16-4-3-5-18(16)24-19/h6-10,16H,3-5,11H2,1-2H3/t16-/m0/s1. The summed E-state index contributed by atoms with van der Waals surface area (Å²) in [6.07, 6.45) is 2.69. The van der Waals surface area contributed by atoms with Crippen molar-refractivity contribution >= 4 is 34.6 Å². The van der Waals surface area contributed by atoms with Gasteiger partial charge in [0, 0.05) is 10.7 Å². The molecular formula is C21H20ClFN2O. The molecule has 1 fully saturated rings. The highest BCUT2D eigenvalue weighted by atomic mass is 35.5. The van der Waals surface area contributed by atoms with Crippen LogP contribution in [-0.4, -0.2) is 11.6 Å². The van der Waals surface area contributed by atoms with Crippen LogP contribution in [0, 0.1) is 25.6 Å². The second kappa shape index (κ2) is 6.51. The van der Waals surface area contributed by atoms with Gasteiger partial charge in [0.1, 0.15) is 5.82 Å². The predicted octanol–water partition coefficient (Wildman–Crippen LogP) is 5.52. The third-order valence-electron chi connectivity index (χ3n) is 5.38. The van der Waals surface area contributed by atoms with E-state index in [1.165, 1.54) is 12.1 Å². The molecule has 2 aromatic carbocycles. The van der Waals surface area contributed by atoms with Gasteiger partial charge in [0.25, 0.3) is 0 Å². The van der Waals surface area contributed by atoms with Gasteiger partial charge < -0.3 is 4.90 Å². The lowest BCUT2D eigenvalue weighted by atomic mass is 10.0. The minimum Gasteiger partial charge on any atom is -0.305 e. The van der Waals surface area contributed by atoms with E-state index in [-0.39, 0.29) is 17.6 Å². The van der Waals surface area contributed by atoms with E-state index >= 15 is 0 Å². The van der Waals surface area contributed by atoms with Crippen molar-refractivity contribution in [2.75, 3.05) is 4.90 Å². The Kier molecular flexibility index (Phi) is 4.31. The first-order valence-corrected chi connectivity index (χ1v) is 9.26. The monoisotopic (exact) mass is 370 g/mol. The number of aryl methyl sites for hydroxylation is 2. The number of benzene rings is 2. The summed E-state index contributed by atoms with van der Waals surface area (Å²) >= 11 is 6.23. The second-order valence-corrected chi connectivity index (χ2v) is 7.54. The Hall–Kier alpha value is -2.20. The molecule has 1 aliphatic heterocycles. The van der Waals surface area contributed by atoms with Gasteiger partial charge in [0.15, 0.2) is 0 Å². The number of anilines is 1. The summed E-state index contributed by atoms with van der Waals surface area (Å²) in [6.45, 7) is 4.39. The summed E-state index contributed by atoms with van der Waals surface area (Å²) in [4.78, 5) is 19.9. The Morgan fingerprint density at radius 2 is 2.00 bits per heavy atom. The predicted molar refractivity (Wildman–Crippen MR) is 103 cm³/mol. The number of nitrogens with zero attached hydrogens (tertiary/aromatic N) is 2. The number of aliphatic imine (C=N–C) groups is 1. The third-order valence-corrected chi connectivity index (χ3v) is 5.73. The van der Waals surface area contributed by atoms with E-state index in [9.17, 15) is 9.18 Å². The van der Waals surface area contributed by atoms with Crippen LogP contribution in [0.2, 0.25) is 5.02 Å². The van der Waals surface area contributed by atoms with E-state index in [4.69, 9.17) is 16.6 Å². The largest absolute Gasteiger partial charge is 0.305 e. The molecule has 1 heterocycles. The number of amides is 1. The van der Waals surface area contributed by atoms with Crippen LogP contribution in [0.5, 0.6) is 0 Å². The molecule has 1 amide bonds. The van der Waals surface area contributed by atoms with Crippen LogP contribution in [0.15, 0.2) is 35.3 Å². The zero-order valence-corrected chi connectivity index (χ0v) is 15.6. The van der Waals surface area contributed by atoms with Crippen molar-refractivity contribution in [2.45, 2.75) is 39.7 Å². The zero-order valence-electron chi connectivity index (χ0n) is 14.9. The number of hydrogen-bond acceptors (Lipinski definition) is 2. The van der Waals surface area contributed by atoms with E-state index in [1.54, 1.807) is 11.0 Å². The highest BCUT2D eigenvalue weighted by Crippen LogP contribution is 2.40. The Morgan fingerprint density at radius 3 is 2.77 bits per heavy atom. The van der Waals surface area contributed by atoms with Crippen LogP contribution in [0.25, 0.3) is 0 Å². The number of rotatable bonds is 2. The molecule has 134 valence electrons. The first-order chi connectivity index (χ1) is 12.4. The highest BCUT2D eigenvalue weighted by molar-refractivity contribution is 6.31. The van der Waals surface area contributed by atoms with Crippen LogP contribution in [0.3, 0.4) is 0 Å². The fraction of sp³-hybridized carbons (Fsp3) is 0.333. The van der Waals surface area contributed by atoms with E-state index in [1.807, 2.05) is 19.1 Å². The van der Waals surface area contributed by atoms with Gasteiger partial charge in [-0.3, -0.25) is 9.79 Å². The van der Waals surface area contributed by atoms with E-state index in [0.717, 1.165) is 53.0 Å². The molecule has 0 unspecified atom stereocenters. The molecular weight excluding hydrogens is 351 g/mol. The van der Waals surface area contributed by atoms with Crippen molar-refractivity contribution in [3.8, 4) is 0 Å². The molecule has 0 radical (unpaired) electrons. The van der Waals surface area contributed by atoms with Crippen molar-refractivity contribution in [2.24, 2.45) is 10.9 Å². The SMILES string of the molecule is Cc1cc2c(cc1C)N(Cc1ccc(F)cc1Cl)C(=O)[C@H]1CCCC1=N2. The summed E-state index contributed by atoms with van der Waals surface area (Å²) in [5.74, 6) is -0.486. The molecule has 26 heavy (non-hydrogen) atoms. The van der Waals surface area contributed by atoms with Gasteiger partial charge in [0.2, 0.25) is 5.91 Å². The fourth-order valence-corrected chi connectivity index (χ4v) is 3.99. The summed E-state index contributed by atoms with van der Waals surface area (Å²) in [5.41, 5.74) is 5.61. The van der Waals surface area contributed by atoms with E-state index in [0.29, 0.717) is 11.6 Å². The fourth-order valence-electron chi connectivity index (χ4n) is 3.76.